The van der Waals surface area contributed by atoms with E-state index in [2.05, 4.69) is 5.32 Å². The number of nitrogen functional groups attached to an aromatic ring is 2. The van der Waals surface area contributed by atoms with Crippen molar-refractivity contribution in [1.82, 2.24) is 0 Å². The smallest absolute Gasteiger partial charge is 0.269 e. The molecule has 0 amide bonds. The molecule has 34 heavy (non-hydrogen) atoms. The Morgan fingerprint density at radius 1 is 0.735 bits per heavy atom. The van der Waals surface area contributed by atoms with Crippen LogP contribution in [0.2, 0.25) is 0 Å². The zero-order chi connectivity index (χ0) is 24.0. The molecule has 0 saturated carbocycles. The zero-order valence-corrected chi connectivity index (χ0v) is 18.3. The highest BCUT2D eigenvalue weighted by Crippen LogP contribution is 2.53. The summed E-state index contributed by atoms with van der Waals surface area (Å²) in [5.41, 5.74) is 18.1. The summed E-state index contributed by atoms with van der Waals surface area (Å²) in [6.45, 7) is 0. The van der Waals surface area contributed by atoms with Crippen LogP contribution < -0.4 is 16.8 Å². The van der Waals surface area contributed by atoms with E-state index in [1.54, 1.807) is 36.0 Å². The van der Waals surface area contributed by atoms with E-state index in [-0.39, 0.29) is 11.4 Å². The molecule has 5 rings (SSSR count). The van der Waals surface area contributed by atoms with Gasteiger partial charge < -0.3 is 16.8 Å². The number of hydrogen-bond acceptors (Lipinski definition) is 8. The van der Waals surface area contributed by atoms with Gasteiger partial charge >= 0.3 is 0 Å². The predicted molar refractivity (Wildman–Crippen MR) is 133 cm³/mol. The molecule has 0 spiro atoms. The Labute approximate surface area is 197 Å². The Morgan fingerprint density at radius 2 is 1.32 bits per heavy atom. The van der Waals surface area contributed by atoms with Gasteiger partial charge in [-0.05, 0) is 59.7 Å². The maximum Gasteiger partial charge on any atom is 0.269 e. The van der Waals surface area contributed by atoms with Crippen molar-refractivity contribution in [3.05, 3.63) is 93.0 Å². The van der Waals surface area contributed by atoms with Gasteiger partial charge in [-0.2, -0.15) is 0 Å². The maximum absolute atomic E-state index is 11.1. The molecule has 9 nitrogen and oxygen atoms in total. The number of nitro groups is 2. The fourth-order valence-corrected chi connectivity index (χ4v) is 4.94. The SMILES string of the molecule is Nc1ccc2c(c1)Nc1c(cc(-c3ccc([N+](=O)[O-])cc3)c(N)c1-c1ccc([N+](=O)[O-])cc1)S2. The van der Waals surface area contributed by atoms with Gasteiger partial charge in [0.1, 0.15) is 0 Å². The molecule has 0 unspecified atom stereocenters. The lowest BCUT2D eigenvalue weighted by molar-refractivity contribution is -0.385. The van der Waals surface area contributed by atoms with Crippen LogP contribution >= 0.6 is 11.8 Å². The van der Waals surface area contributed by atoms with Crippen molar-refractivity contribution in [3.8, 4) is 22.3 Å². The molecule has 0 aliphatic carbocycles. The number of nitrogens with one attached hydrogen (secondary N) is 1. The Hall–Kier alpha value is -4.57. The van der Waals surface area contributed by atoms with Gasteiger partial charge in [-0.15, -0.1) is 0 Å². The summed E-state index contributed by atoms with van der Waals surface area (Å²) < 4.78 is 0. The lowest BCUT2D eigenvalue weighted by Gasteiger charge is -2.26. The quantitative estimate of drug-likeness (QED) is 0.159. The average Bonchev–Trinajstić information content (AvgIpc) is 2.83. The molecule has 0 aromatic heterocycles. The second kappa shape index (κ2) is 8.09. The molecular formula is C24H17N5O4S. The number of hydrogen-bond donors (Lipinski definition) is 3. The molecule has 168 valence electrons. The number of nitrogens with zero attached hydrogens (tertiary/aromatic N) is 2. The number of benzene rings is 4. The number of fused-ring (bicyclic) bond motifs is 2. The van der Waals surface area contributed by atoms with E-state index in [9.17, 15) is 20.2 Å². The number of non-ortho nitro benzene ring substituents is 2. The van der Waals surface area contributed by atoms with Crippen LogP contribution in [0.15, 0.2) is 82.6 Å². The van der Waals surface area contributed by atoms with Crippen LogP contribution in [0.4, 0.5) is 34.1 Å². The zero-order valence-electron chi connectivity index (χ0n) is 17.5. The lowest BCUT2D eigenvalue weighted by Crippen LogP contribution is -2.06. The third-order valence-corrected chi connectivity index (χ3v) is 6.69. The Morgan fingerprint density at radius 3 is 1.91 bits per heavy atom. The van der Waals surface area contributed by atoms with Gasteiger partial charge in [-0.3, -0.25) is 20.2 Å². The van der Waals surface area contributed by atoms with Crippen molar-refractivity contribution in [1.29, 1.82) is 0 Å². The van der Waals surface area contributed by atoms with Gasteiger partial charge in [-0.25, -0.2) is 0 Å². The first kappa shape index (κ1) is 21.3. The minimum atomic E-state index is -0.455. The summed E-state index contributed by atoms with van der Waals surface area (Å²) in [6.07, 6.45) is 0. The number of anilines is 4. The van der Waals surface area contributed by atoms with E-state index >= 15 is 0 Å². The third kappa shape index (κ3) is 3.65. The van der Waals surface area contributed by atoms with Crippen molar-refractivity contribution in [2.75, 3.05) is 16.8 Å². The highest BCUT2D eigenvalue weighted by Gasteiger charge is 2.25. The van der Waals surface area contributed by atoms with Crippen molar-refractivity contribution in [2.45, 2.75) is 9.79 Å². The van der Waals surface area contributed by atoms with Crippen LogP contribution in [0, 0.1) is 20.2 Å². The standard InChI is InChI=1S/C24H17N5O4S/c25-15-5-10-20-19(11-15)27-24-21(34-20)12-18(13-1-6-16(7-2-13)28(30)31)23(26)22(24)14-3-8-17(9-4-14)29(32)33/h1-12,27H,25-26H2. The lowest BCUT2D eigenvalue weighted by atomic mass is 9.94. The minimum absolute atomic E-state index is 0.0153. The molecule has 10 heteroatoms. The summed E-state index contributed by atoms with van der Waals surface area (Å²) in [4.78, 5) is 23.2. The predicted octanol–water partition coefficient (Wildman–Crippen LogP) is 6.21. The molecule has 1 aliphatic heterocycles. The summed E-state index contributed by atoms with van der Waals surface area (Å²) in [7, 11) is 0. The van der Waals surface area contributed by atoms with Crippen molar-refractivity contribution >= 4 is 45.9 Å². The second-order valence-electron chi connectivity index (χ2n) is 7.68. The summed E-state index contributed by atoms with van der Waals surface area (Å²) in [5, 5.41) is 25.6. The van der Waals surface area contributed by atoms with Crippen LogP contribution in [0.1, 0.15) is 0 Å². The van der Waals surface area contributed by atoms with Crippen LogP contribution in [0.3, 0.4) is 0 Å². The summed E-state index contributed by atoms with van der Waals surface area (Å²) >= 11 is 1.54. The van der Waals surface area contributed by atoms with Gasteiger partial charge in [0.2, 0.25) is 0 Å². The molecular weight excluding hydrogens is 454 g/mol. The van der Waals surface area contributed by atoms with Gasteiger partial charge in [-0.1, -0.05) is 11.8 Å². The summed E-state index contributed by atoms with van der Waals surface area (Å²) in [6, 6.07) is 19.9. The highest BCUT2D eigenvalue weighted by atomic mass is 32.2. The van der Waals surface area contributed by atoms with Gasteiger partial charge in [0.15, 0.2) is 0 Å². The molecule has 1 aliphatic rings. The van der Waals surface area contributed by atoms with Gasteiger partial charge in [0.05, 0.1) is 21.2 Å². The summed E-state index contributed by atoms with van der Waals surface area (Å²) in [5.74, 6) is 0. The third-order valence-electron chi connectivity index (χ3n) is 5.57. The largest absolute Gasteiger partial charge is 0.399 e. The molecule has 0 bridgehead atoms. The van der Waals surface area contributed by atoms with Crippen LogP contribution in [-0.2, 0) is 0 Å². The second-order valence-corrected chi connectivity index (χ2v) is 8.76. The molecule has 0 atom stereocenters. The van der Waals surface area contributed by atoms with Crippen LogP contribution in [0.5, 0.6) is 0 Å². The first-order valence-electron chi connectivity index (χ1n) is 10.1. The first-order valence-corrected chi connectivity index (χ1v) is 10.9. The molecule has 5 N–H and O–H groups in total. The van der Waals surface area contributed by atoms with Crippen LogP contribution in [0.25, 0.3) is 22.3 Å². The Bertz CT molecular complexity index is 1470. The Balaban J connectivity index is 1.72. The van der Waals surface area contributed by atoms with E-state index in [0.717, 1.165) is 26.7 Å². The average molecular weight is 471 g/mol. The molecule has 4 aromatic carbocycles. The number of nitro benzene ring substituents is 2. The Kier molecular flexibility index (Phi) is 5.06. The van der Waals surface area contributed by atoms with Crippen LogP contribution in [-0.4, -0.2) is 9.85 Å². The molecule has 0 fully saturated rings. The van der Waals surface area contributed by atoms with Crippen molar-refractivity contribution in [2.24, 2.45) is 0 Å². The van der Waals surface area contributed by atoms with Gasteiger partial charge in [0, 0.05) is 56.6 Å². The topological polar surface area (TPSA) is 150 Å². The van der Waals surface area contributed by atoms with Gasteiger partial charge in [0.25, 0.3) is 11.4 Å². The monoisotopic (exact) mass is 471 g/mol. The van der Waals surface area contributed by atoms with E-state index in [1.165, 1.54) is 24.3 Å². The first-order chi connectivity index (χ1) is 16.3. The van der Waals surface area contributed by atoms with E-state index in [0.29, 0.717) is 28.1 Å². The normalized spacial score (nSPS) is 11.8. The van der Waals surface area contributed by atoms with Crippen molar-refractivity contribution in [3.63, 3.8) is 0 Å². The van der Waals surface area contributed by atoms with E-state index in [1.807, 2.05) is 24.3 Å². The number of nitrogens with two attached hydrogens (primary N) is 2. The fraction of sp³-hybridized carbons (Fsp3) is 0. The fourth-order valence-electron chi connectivity index (χ4n) is 3.92. The highest BCUT2D eigenvalue weighted by molar-refractivity contribution is 7.99. The van der Waals surface area contributed by atoms with Crippen molar-refractivity contribution < 1.29 is 9.85 Å². The number of rotatable bonds is 4. The molecule has 0 saturated heterocycles. The molecule has 0 radical (unpaired) electrons. The molecule has 4 aromatic rings. The van der Waals surface area contributed by atoms with E-state index < -0.39 is 9.85 Å². The molecule has 1 heterocycles. The maximum atomic E-state index is 11.1. The minimum Gasteiger partial charge on any atom is -0.399 e. The van der Waals surface area contributed by atoms with E-state index in [4.69, 9.17) is 11.5 Å².